The van der Waals surface area contributed by atoms with Crippen molar-refractivity contribution in [2.45, 2.75) is 19.4 Å². The topological polar surface area (TPSA) is 71.1 Å². The van der Waals surface area contributed by atoms with Crippen LogP contribution in [0.5, 0.6) is 5.75 Å². The monoisotopic (exact) mass is 362 g/mol. The van der Waals surface area contributed by atoms with Crippen LogP contribution in [-0.4, -0.2) is 40.1 Å². The van der Waals surface area contributed by atoms with Gasteiger partial charge in [-0.1, -0.05) is 24.3 Å². The highest BCUT2D eigenvalue weighted by Gasteiger charge is 2.20. The molecule has 27 heavy (non-hydrogen) atoms. The standard InChI is InChI=1S/C21H22N4O2/c1-27-19-8-3-2-6-15(19)14-25-12-9-16-17(10-13-25)23-20(24-21(16)26)18-7-4-5-11-22-18/h2-8,11H,9-10,12-14H2,1H3,(H,23,24,26). The van der Waals surface area contributed by atoms with E-state index >= 15 is 0 Å². The van der Waals surface area contributed by atoms with Crippen LogP contribution < -0.4 is 10.3 Å². The molecule has 3 aromatic rings. The van der Waals surface area contributed by atoms with E-state index in [1.54, 1.807) is 13.3 Å². The minimum absolute atomic E-state index is 0.0557. The largest absolute Gasteiger partial charge is 0.496 e. The van der Waals surface area contributed by atoms with Crippen molar-refractivity contribution in [1.29, 1.82) is 0 Å². The summed E-state index contributed by atoms with van der Waals surface area (Å²) in [6.07, 6.45) is 3.14. The molecule has 0 spiro atoms. The molecule has 4 rings (SSSR count). The summed E-state index contributed by atoms with van der Waals surface area (Å²) >= 11 is 0. The van der Waals surface area contributed by atoms with Crippen molar-refractivity contribution < 1.29 is 4.74 Å². The third-order valence-corrected chi connectivity index (χ3v) is 4.94. The molecule has 0 radical (unpaired) electrons. The first kappa shape index (κ1) is 17.4. The number of hydrogen-bond donors (Lipinski definition) is 1. The molecule has 138 valence electrons. The lowest BCUT2D eigenvalue weighted by Gasteiger charge is -2.20. The number of nitrogens with zero attached hydrogens (tertiary/aromatic N) is 3. The van der Waals surface area contributed by atoms with Gasteiger partial charge in [0.15, 0.2) is 5.82 Å². The van der Waals surface area contributed by atoms with E-state index in [-0.39, 0.29) is 5.56 Å². The van der Waals surface area contributed by atoms with Crippen molar-refractivity contribution in [2.75, 3.05) is 20.2 Å². The molecule has 1 aromatic carbocycles. The van der Waals surface area contributed by atoms with Gasteiger partial charge in [0.25, 0.3) is 5.56 Å². The van der Waals surface area contributed by atoms with Gasteiger partial charge in [0.1, 0.15) is 11.4 Å². The zero-order chi connectivity index (χ0) is 18.6. The SMILES string of the molecule is COc1ccccc1CN1CCc2nc(-c3ccccn3)[nH]c(=O)c2CC1. The van der Waals surface area contributed by atoms with Gasteiger partial charge < -0.3 is 9.72 Å². The number of aromatic amines is 1. The molecular weight excluding hydrogens is 340 g/mol. The van der Waals surface area contributed by atoms with E-state index in [0.29, 0.717) is 17.9 Å². The van der Waals surface area contributed by atoms with Crippen LogP contribution in [0.4, 0.5) is 0 Å². The Hall–Kier alpha value is -2.99. The third-order valence-electron chi connectivity index (χ3n) is 4.94. The van der Waals surface area contributed by atoms with Crippen LogP contribution in [0.1, 0.15) is 16.8 Å². The molecule has 3 heterocycles. The molecule has 1 aliphatic heterocycles. The second-order valence-corrected chi connectivity index (χ2v) is 6.64. The molecular formula is C21H22N4O2. The normalized spacial score (nSPS) is 14.4. The molecule has 0 bridgehead atoms. The maximum Gasteiger partial charge on any atom is 0.254 e. The highest BCUT2D eigenvalue weighted by molar-refractivity contribution is 5.49. The van der Waals surface area contributed by atoms with E-state index in [0.717, 1.165) is 48.6 Å². The van der Waals surface area contributed by atoms with Crippen molar-refractivity contribution in [3.8, 4) is 17.3 Å². The second-order valence-electron chi connectivity index (χ2n) is 6.64. The molecule has 0 atom stereocenters. The molecule has 6 nitrogen and oxygen atoms in total. The van der Waals surface area contributed by atoms with Gasteiger partial charge in [-0.05, 0) is 24.6 Å². The Balaban J connectivity index is 1.56. The number of pyridine rings is 1. The fraction of sp³-hybridized carbons (Fsp3) is 0.286. The van der Waals surface area contributed by atoms with E-state index in [1.807, 2.05) is 36.4 Å². The Labute approximate surface area is 157 Å². The van der Waals surface area contributed by atoms with E-state index in [2.05, 4.69) is 20.9 Å². The number of aromatic nitrogens is 3. The summed E-state index contributed by atoms with van der Waals surface area (Å²) in [6.45, 7) is 2.46. The van der Waals surface area contributed by atoms with Crippen LogP contribution in [0.25, 0.3) is 11.5 Å². The minimum Gasteiger partial charge on any atom is -0.496 e. The first-order valence-corrected chi connectivity index (χ1v) is 9.12. The zero-order valence-corrected chi connectivity index (χ0v) is 15.3. The average molecular weight is 362 g/mol. The molecule has 0 saturated heterocycles. The first-order chi connectivity index (χ1) is 13.2. The summed E-state index contributed by atoms with van der Waals surface area (Å²) in [4.78, 5) is 26.9. The van der Waals surface area contributed by atoms with Crippen molar-refractivity contribution in [1.82, 2.24) is 19.9 Å². The molecule has 2 aromatic heterocycles. The van der Waals surface area contributed by atoms with Crippen molar-refractivity contribution in [2.24, 2.45) is 0 Å². The number of hydrogen-bond acceptors (Lipinski definition) is 5. The lowest BCUT2D eigenvalue weighted by Crippen LogP contribution is -2.26. The number of fused-ring (bicyclic) bond motifs is 1. The second kappa shape index (κ2) is 7.72. The maximum atomic E-state index is 12.6. The average Bonchev–Trinajstić information content (AvgIpc) is 2.92. The predicted molar refractivity (Wildman–Crippen MR) is 104 cm³/mol. The minimum atomic E-state index is -0.0557. The number of benzene rings is 1. The number of ether oxygens (including phenoxy) is 1. The lowest BCUT2D eigenvalue weighted by molar-refractivity contribution is 0.273. The molecule has 0 aliphatic carbocycles. The summed E-state index contributed by atoms with van der Waals surface area (Å²) < 4.78 is 5.46. The third kappa shape index (κ3) is 3.75. The Morgan fingerprint density at radius 1 is 1.11 bits per heavy atom. The Morgan fingerprint density at radius 2 is 1.93 bits per heavy atom. The summed E-state index contributed by atoms with van der Waals surface area (Å²) in [7, 11) is 1.69. The van der Waals surface area contributed by atoms with Crippen LogP contribution in [0.2, 0.25) is 0 Å². The number of nitrogens with one attached hydrogen (secondary N) is 1. The van der Waals surface area contributed by atoms with E-state index in [9.17, 15) is 4.79 Å². The number of methoxy groups -OCH3 is 1. The fourth-order valence-electron chi connectivity index (χ4n) is 3.51. The van der Waals surface area contributed by atoms with E-state index in [1.165, 1.54) is 0 Å². The Morgan fingerprint density at radius 3 is 2.74 bits per heavy atom. The molecule has 0 unspecified atom stereocenters. The zero-order valence-electron chi connectivity index (χ0n) is 15.3. The van der Waals surface area contributed by atoms with Crippen LogP contribution in [-0.2, 0) is 19.4 Å². The summed E-state index contributed by atoms with van der Waals surface area (Å²) in [5, 5.41) is 0. The molecule has 0 fully saturated rings. The van der Waals surface area contributed by atoms with Gasteiger partial charge in [-0.3, -0.25) is 14.7 Å². The van der Waals surface area contributed by atoms with Gasteiger partial charge >= 0.3 is 0 Å². The fourth-order valence-corrected chi connectivity index (χ4v) is 3.51. The van der Waals surface area contributed by atoms with Gasteiger partial charge in [-0.2, -0.15) is 0 Å². The lowest BCUT2D eigenvalue weighted by atomic mass is 10.1. The quantitative estimate of drug-likeness (QED) is 0.772. The first-order valence-electron chi connectivity index (χ1n) is 9.12. The molecule has 0 saturated carbocycles. The van der Waals surface area contributed by atoms with Crippen molar-refractivity contribution >= 4 is 0 Å². The summed E-state index contributed by atoms with van der Waals surface area (Å²) in [6, 6.07) is 13.7. The van der Waals surface area contributed by atoms with Gasteiger partial charge in [-0.15, -0.1) is 0 Å². The van der Waals surface area contributed by atoms with E-state index in [4.69, 9.17) is 9.72 Å². The van der Waals surface area contributed by atoms with Gasteiger partial charge in [-0.25, -0.2) is 4.98 Å². The predicted octanol–water partition coefficient (Wildman–Crippen LogP) is 2.44. The number of H-pyrrole nitrogens is 1. The molecule has 0 amide bonds. The highest BCUT2D eigenvalue weighted by Crippen LogP contribution is 2.21. The number of rotatable bonds is 4. The summed E-state index contributed by atoms with van der Waals surface area (Å²) in [5.74, 6) is 1.44. The smallest absolute Gasteiger partial charge is 0.254 e. The van der Waals surface area contributed by atoms with Gasteiger partial charge in [0.2, 0.25) is 0 Å². The Kier molecular flexibility index (Phi) is 4.98. The van der Waals surface area contributed by atoms with Crippen LogP contribution in [0, 0.1) is 0 Å². The molecule has 6 heteroatoms. The Bertz CT molecular complexity index is 985. The van der Waals surface area contributed by atoms with Crippen molar-refractivity contribution in [3.63, 3.8) is 0 Å². The highest BCUT2D eigenvalue weighted by atomic mass is 16.5. The van der Waals surface area contributed by atoms with Gasteiger partial charge in [0.05, 0.1) is 12.8 Å². The van der Waals surface area contributed by atoms with Gasteiger partial charge in [0, 0.05) is 43.4 Å². The van der Waals surface area contributed by atoms with Crippen LogP contribution >= 0.6 is 0 Å². The summed E-state index contributed by atoms with van der Waals surface area (Å²) in [5.41, 5.74) is 3.45. The molecule has 1 N–H and O–H groups in total. The van der Waals surface area contributed by atoms with Crippen molar-refractivity contribution in [3.05, 3.63) is 75.8 Å². The molecule has 1 aliphatic rings. The van der Waals surface area contributed by atoms with E-state index < -0.39 is 0 Å². The number of para-hydroxylation sites is 1. The van der Waals surface area contributed by atoms with Crippen LogP contribution in [0.15, 0.2) is 53.5 Å². The van der Waals surface area contributed by atoms with Crippen LogP contribution in [0.3, 0.4) is 0 Å². The maximum absolute atomic E-state index is 12.6.